The van der Waals surface area contributed by atoms with Crippen LogP contribution in [0.2, 0.25) is 0 Å². The van der Waals surface area contributed by atoms with Crippen LogP contribution in [0.3, 0.4) is 0 Å². The molecule has 6 rings (SSSR count). The van der Waals surface area contributed by atoms with Gasteiger partial charge in [0.25, 0.3) is 11.5 Å². The number of aryl methyl sites for hydroxylation is 1. The van der Waals surface area contributed by atoms with Crippen LogP contribution in [0, 0.1) is 18.6 Å². The van der Waals surface area contributed by atoms with E-state index < -0.39 is 60.2 Å². The van der Waals surface area contributed by atoms with Crippen LogP contribution in [0.25, 0.3) is 38.8 Å². The van der Waals surface area contributed by atoms with Crippen molar-refractivity contribution in [3.8, 4) is 16.9 Å². The van der Waals surface area contributed by atoms with Gasteiger partial charge in [-0.25, -0.2) is 18.6 Å². The number of carbonyl (C=O) groups is 2. The van der Waals surface area contributed by atoms with Crippen molar-refractivity contribution >= 4 is 45.3 Å². The summed E-state index contributed by atoms with van der Waals surface area (Å²) in [5, 5.41) is 34.2. The number of amides is 1. The van der Waals surface area contributed by atoms with Gasteiger partial charge in [-0.1, -0.05) is 36.4 Å². The Hall–Kier alpha value is -6.33. The number of aliphatic hydroxyl groups is 2. The molecule has 17 heteroatoms. The highest BCUT2D eigenvalue weighted by atomic mass is 19.4. The Morgan fingerprint density at radius 2 is 1.54 bits per heavy atom. The van der Waals surface area contributed by atoms with Gasteiger partial charge in [-0.05, 0) is 54.3 Å². The Bertz CT molecular complexity index is 2340. The van der Waals surface area contributed by atoms with Crippen molar-refractivity contribution in [2.45, 2.75) is 19.1 Å². The zero-order chi connectivity index (χ0) is 37.7. The molecule has 6 aromatic rings. The first kappa shape index (κ1) is 36.9. The molecular formula is C35H27F5N6O6. The maximum Gasteiger partial charge on any atom is 0.490 e. The predicted octanol–water partition coefficient (Wildman–Crippen LogP) is 5.23. The smallest absolute Gasteiger partial charge is 0.475 e. The molecule has 3 aromatic heterocycles. The molecule has 12 nitrogen and oxygen atoms in total. The molecule has 3 aromatic carbocycles. The van der Waals surface area contributed by atoms with E-state index in [-0.39, 0.29) is 28.4 Å². The number of pyridine rings is 2. The van der Waals surface area contributed by atoms with Crippen LogP contribution >= 0.6 is 0 Å². The molecule has 3 heterocycles. The maximum absolute atomic E-state index is 15.0. The van der Waals surface area contributed by atoms with Gasteiger partial charge < -0.3 is 26.0 Å². The Labute approximate surface area is 289 Å². The summed E-state index contributed by atoms with van der Waals surface area (Å²) in [5.41, 5.74) is 0.632. The van der Waals surface area contributed by atoms with Gasteiger partial charge in [0.15, 0.2) is 5.65 Å². The summed E-state index contributed by atoms with van der Waals surface area (Å²) in [5.74, 6) is -5.27. The molecule has 0 bridgehead atoms. The normalized spacial score (nSPS) is 11.3. The summed E-state index contributed by atoms with van der Waals surface area (Å²) in [7, 11) is 0. The van der Waals surface area contributed by atoms with E-state index in [1.54, 1.807) is 30.5 Å². The number of carbonyl (C=O) groups excluding carboxylic acids is 1. The fourth-order valence-electron chi connectivity index (χ4n) is 4.99. The lowest BCUT2D eigenvalue weighted by Gasteiger charge is -2.18. The number of hydrogen-bond donors (Lipinski definition) is 5. The van der Waals surface area contributed by atoms with Crippen molar-refractivity contribution < 1.29 is 46.9 Å². The number of halogens is 5. The Morgan fingerprint density at radius 1 is 0.885 bits per heavy atom. The standard InChI is InChI=1S/C33H26F2N6O4.C2HF3O2/c1-18-9-10-21(37-32(45)27-13-19-5-2-3-6-20(19)15-36-27)14-24(18)29-23-11-12-28(44)41(30-25(34)7-4-8-26(30)35)31(23)40-33(39-29)38-22(16-42)17-43;3-2(4,5)1(6)7/h2-15,22,42-43H,16-17H2,1H3,(H,37,45)(H,38,39,40);(H,6,7). The quantitative estimate of drug-likeness (QED) is 0.131. The minimum absolute atomic E-state index is 0.115. The Morgan fingerprint density at radius 3 is 2.17 bits per heavy atom. The summed E-state index contributed by atoms with van der Waals surface area (Å²) in [6.45, 7) is 0.865. The minimum Gasteiger partial charge on any atom is -0.475 e. The van der Waals surface area contributed by atoms with Gasteiger partial charge in [0, 0.05) is 34.3 Å². The van der Waals surface area contributed by atoms with Crippen LogP contribution in [0.15, 0.2) is 89.9 Å². The van der Waals surface area contributed by atoms with Gasteiger partial charge in [-0.15, -0.1) is 0 Å². The highest BCUT2D eigenvalue weighted by molar-refractivity contribution is 6.05. The average Bonchev–Trinajstić information content (AvgIpc) is 3.11. The zero-order valence-corrected chi connectivity index (χ0v) is 26.8. The van der Waals surface area contributed by atoms with Crippen molar-refractivity contribution in [2.75, 3.05) is 23.8 Å². The predicted molar refractivity (Wildman–Crippen MR) is 180 cm³/mol. The second-order valence-corrected chi connectivity index (χ2v) is 11.1. The highest BCUT2D eigenvalue weighted by Crippen LogP contribution is 2.33. The van der Waals surface area contributed by atoms with E-state index >= 15 is 0 Å². The van der Waals surface area contributed by atoms with Crippen LogP contribution in [0.4, 0.5) is 33.6 Å². The first-order valence-electron chi connectivity index (χ1n) is 15.2. The molecule has 5 N–H and O–H groups in total. The molecule has 268 valence electrons. The van der Waals surface area contributed by atoms with Crippen molar-refractivity contribution in [3.63, 3.8) is 0 Å². The topological polar surface area (TPSA) is 180 Å². The van der Waals surface area contributed by atoms with Crippen LogP contribution in [0.5, 0.6) is 0 Å². The molecule has 0 aliphatic rings. The van der Waals surface area contributed by atoms with Gasteiger partial charge in [0.05, 0.1) is 24.9 Å². The third kappa shape index (κ3) is 8.00. The van der Waals surface area contributed by atoms with Crippen molar-refractivity contribution in [2.24, 2.45) is 0 Å². The molecule has 0 saturated carbocycles. The van der Waals surface area contributed by atoms with E-state index in [0.29, 0.717) is 11.3 Å². The van der Waals surface area contributed by atoms with E-state index in [1.807, 2.05) is 31.2 Å². The SMILES string of the molecule is Cc1ccc(NC(=O)c2cc3ccccc3cn2)cc1-c1nc(NC(CO)CO)nc2c1ccc(=O)n2-c1c(F)cccc1F.O=C(O)C(F)(F)F. The number of aliphatic carboxylic acids is 1. The van der Waals surface area contributed by atoms with E-state index in [0.717, 1.165) is 39.1 Å². The number of fused-ring (bicyclic) bond motifs is 2. The lowest BCUT2D eigenvalue weighted by atomic mass is 10.0. The monoisotopic (exact) mass is 722 g/mol. The molecule has 1 amide bonds. The van der Waals surface area contributed by atoms with Gasteiger partial charge in [-0.2, -0.15) is 18.2 Å². The zero-order valence-electron chi connectivity index (χ0n) is 26.8. The van der Waals surface area contributed by atoms with Crippen LogP contribution in [-0.2, 0) is 4.79 Å². The number of alkyl halides is 3. The lowest BCUT2D eigenvalue weighted by molar-refractivity contribution is -0.192. The third-order valence-electron chi connectivity index (χ3n) is 7.54. The fourth-order valence-corrected chi connectivity index (χ4v) is 4.99. The number of nitrogens with zero attached hydrogens (tertiary/aromatic N) is 4. The summed E-state index contributed by atoms with van der Waals surface area (Å²) in [6.07, 6.45) is -3.46. The molecule has 0 atom stereocenters. The summed E-state index contributed by atoms with van der Waals surface area (Å²) >= 11 is 0. The number of carboxylic acids is 1. The number of para-hydroxylation sites is 1. The van der Waals surface area contributed by atoms with E-state index in [9.17, 15) is 41.8 Å². The van der Waals surface area contributed by atoms with Crippen molar-refractivity contribution in [3.05, 3.63) is 118 Å². The number of aliphatic hydroxyl groups excluding tert-OH is 2. The second-order valence-electron chi connectivity index (χ2n) is 11.1. The van der Waals surface area contributed by atoms with Gasteiger partial charge in [0.1, 0.15) is 23.0 Å². The number of carboxylic acid groups (broad SMARTS) is 1. The number of benzene rings is 3. The van der Waals surface area contributed by atoms with Crippen LogP contribution < -0.4 is 16.2 Å². The van der Waals surface area contributed by atoms with Crippen LogP contribution in [0.1, 0.15) is 16.1 Å². The number of nitrogens with one attached hydrogen (secondary N) is 2. The average molecular weight is 723 g/mol. The Balaban J connectivity index is 0.000000679. The highest BCUT2D eigenvalue weighted by Gasteiger charge is 2.38. The number of hydrogen-bond acceptors (Lipinski definition) is 9. The molecule has 52 heavy (non-hydrogen) atoms. The molecule has 0 aliphatic carbocycles. The van der Waals surface area contributed by atoms with Crippen molar-refractivity contribution in [1.82, 2.24) is 19.5 Å². The summed E-state index contributed by atoms with van der Waals surface area (Å²) < 4.78 is 62.5. The van der Waals surface area contributed by atoms with E-state index in [4.69, 9.17) is 9.90 Å². The Kier molecular flexibility index (Phi) is 10.9. The van der Waals surface area contributed by atoms with Gasteiger partial charge in [-0.3, -0.25) is 19.1 Å². The van der Waals surface area contributed by atoms with Crippen molar-refractivity contribution in [1.29, 1.82) is 0 Å². The number of anilines is 2. The summed E-state index contributed by atoms with van der Waals surface area (Å²) in [6, 6.07) is 19.3. The molecule has 0 fully saturated rings. The summed E-state index contributed by atoms with van der Waals surface area (Å²) in [4.78, 5) is 48.5. The molecule has 0 radical (unpaired) electrons. The lowest BCUT2D eigenvalue weighted by Crippen LogP contribution is -2.29. The number of rotatable bonds is 8. The second kappa shape index (κ2) is 15.3. The molecular weight excluding hydrogens is 695 g/mol. The third-order valence-corrected chi connectivity index (χ3v) is 7.54. The molecule has 0 saturated heterocycles. The maximum atomic E-state index is 15.0. The van der Waals surface area contributed by atoms with E-state index in [1.165, 1.54) is 12.1 Å². The number of aromatic nitrogens is 4. The fraction of sp³-hybridized carbons (Fsp3) is 0.143. The van der Waals surface area contributed by atoms with E-state index in [2.05, 4.69) is 25.6 Å². The largest absolute Gasteiger partial charge is 0.490 e. The molecule has 0 spiro atoms. The first-order valence-corrected chi connectivity index (χ1v) is 15.2. The van der Waals surface area contributed by atoms with Gasteiger partial charge in [0.2, 0.25) is 5.95 Å². The minimum atomic E-state index is -5.08. The molecule has 0 unspecified atom stereocenters. The van der Waals surface area contributed by atoms with Gasteiger partial charge >= 0.3 is 12.1 Å². The molecule has 0 aliphatic heterocycles. The van der Waals surface area contributed by atoms with Crippen LogP contribution in [-0.4, -0.2) is 72.1 Å². The first-order chi connectivity index (χ1) is 24.7.